The van der Waals surface area contributed by atoms with Crippen molar-refractivity contribution in [1.29, 1.82) is 0 Å². The van der Waals surface area contributed by atoms with Gasteiger partial charge in [-0.2, -0.15) is 0 Å². The van der Waals surface area contributed by atoms with Gasteiger partial charge in [-0.3, -0.25) is 9.78 Å². The Morgan fingerprint density at radius 1 is 1.15 bits per heavy atom. The van der Waals surface area contributed by atoms with Crippen molar-refractivity contribution in [3.8, 4) is 22.8 Å². The monoisotopic (exact) mass is 485 g/mol. The Bertz CT molecular complexity index is 1140. The van der Waals surface area contributed by atoms with Crippen LogP contribution in [0.3, 0.4) is 0 Å². The quantitative estimate of drug-likeness (QED) is 0.384. The van der Waals surface area contributed by atoms with Crippen LogP contribution >= 0.6 is 11.6 Å². The van der Waals surface area contributed by atoms with E-state index in [9.17, 15) is 0 Å². The SMILES string of the molecule is C=CC=O.CNC1COCC1Nc1ncc2cc(-c3c(C)c(OC)cc(OC)c3Cl)ncc2n1. The molecule has 3 aromatic rings. The van der Waals surface area contributed by atoms with Crippen molar-refractivity contribution in [3.05, 3.63) is 47.8 Å². The van der Waals surface area contributed by atoms with Crippen molar-refractivity contribution >= 4 is 34.7 Å². The van der Waals surface area contributed by atoms with Crippen LogP contribution in [0.15, 0.2) is 37.2 Å². The minimum atomic E-state index is 0.116. The first-order valence-electron chi connectivity index (χ1n) is 10.6. The summed E-state index contributed by atoms with van der Waals surface area (Å²) >= 11 is 6.60. The molecular weight excluding hydrogens is 458 g/mol. The van der Waals surface area contributed by atoms with E-state index in [0.717, 1.165) is 22.0 Å². The Kier molecular flexibility index (Phi) is 8.75. The Morgan fingerprint density at radius 2 is 1.85 bits per heavy atom. The summed E-state index contributed by atoms with van der Waals surface area (Å²) in [5, 5.41) is 7.92. The number of aldehydes is 1. The summed E-state index contributed by atoms with van der Waals surface area (Å²) in [7, 11) is 5.11. The number of nitrogens with zero attached hydrogens (tertiary/aromatic N) is 3. The van der Waals surface area contributed by atoms with Gasteiger partial charge in [0.1, 0.15) is 17.8 Å². The number of halogens is 1. The minimum absolute atomic E-state index is 0.116. The van der Waals surface area contributed by atoms with Crippen LogP contribution < -0.4 is 20.1 Å². The van der Waals surface area contributed by atoms with Crippen LogP contribution in [0.1, 0.15) is 5.56 Å². The number of likely N-dealkylation sites (N-methyl/N-ethyl adjacent to an activating group) is 1. The van der Waals surface area contributed by atoms with Gasteiger partial charge in [-0.05, 0) is 26.1 Å². The number of hydrogen-bond acceptors (Lipinski definition) is 9. The summed E-state index contributed by atoms with van der Waals surface area (Å²) in [5.74, 6) is 1.76. The first-order valence-corrected chi connectivity index (χ1v) is 11.0. The van der Waals surface area contributed by atoms with Gasteiger partial charge >= 0.3 is 0 Å². The molecule has 4 rings (SSSR count). The third-order valence-electron chi connectivity index (χ3n) is 5.47. The first-order chi connectivity index (χ1) is 16.5. The van der Waals surface area contributed by atoms with E-state index in [2.05, 4.69) is 32.2 Å². The molecule has 1 aromatic carbocycles. The van der Waals surface area contributed by atoms with Crippen molar-refractivity contribution in [1.82, 2.24) is 20.3 Å². The van der Waals surface area contributed by atoms with E-state index in [1.54, 1.807) is 32.7 Å². The maximum absolute atomic E-state index is 9.06. The second-order valence-electron chi connectivity index (χ2n) is 7.47. The van der Waals surface area contributed by atoms with Gasteiger partial charge in [-0.15, -0.1) is 0 Å². The zero-order valence-electron chi connectivity index (χ0n) is 19.6. The number of carbonyl (C=O) groups is 1. The molecule has 34 heavy (non-hydrogen) atoms. The minimum Gasteiger partial charge on any atom is -0.496 e. The van der Waals surface area contributed by atoms with Crippen molar-refractivity contribution in [2.24, 2.45) is 0 Å². The molecule has 2 aromatic heterocycles. The summed E-state index contributed by atoms with van der Waals surface area (Å²) < 4.78 is 16.4. The number of allylic oxidation sites excluding steroid dienone is 1. The molecule has 2 N–H and O–H groups in total. The number of hydrogen-bond donors (Lipinski definition) is 2. The fraction of sp³-hybridized carbons (Fsp3) is 0.333. The molecule has 0 radical (unpaired) electrons. The molecule has 0 bridgehead atoms. The number of carbonyl (C=O) groups excluding carboxylic acids is 1. The highest BCUT2D eigenvalue weighted by atomic mass is 35.5. The van der Waals surface area contributed by atoms with Gasteiger partial charge in [0, 0.05) is 28.8 Å². The highest BCUT2D eigenvalue weighted by molar-refractivity contribution is 6.35. The average Bonchev–Trinajstić information content (AvgIpc) is 3.31. The van der Waals surface area contributed by atoms with Crippen molar-refractivity contribution in [3.63, 3.8) is 0 Å². The van der Waals surface area contributed by atoms with Crippen LogP contribution in [0.4, 0.5) is 5.95 Å². The summed E-state index contributed by atoms with van der Waals surface area (Å²) in [6.45, 7) is 6.33. The van der Waals surface area contributed by atoms with E-state index in [-0.39, 0.29) is 12.1 Å². The number of rotatable bonds is 7. The van der Waals surface area contributed by atoms with Gasteiger partial charge in [-0.1, -0.05) is 18.2 Å². The van der Waals surface area contributed by atoms with Crippen LogP contribution in [-0.4, -0.2) is 67.8 Å². The number of methoxy groups -OCH3 is 2. The van der Waals surface area contributed by atoms with Crippen molar-refractivity contribution in [2.75, 3.05) is 39.8 Å². The molecule has 0 amide bonds. The number of ether oxygens (including phenoxy) is 3. The van der Waals surface area contributed by atoms with Crippen LogP contribution in [0.25, 0.3) is 22.2 Å². The van der Waals surface area contributed by atoms with Crippen LogP contribution in [0, 0.1) is 6.92 Å². The lowest BCUT2D eigenvalue weighted by molar-refractivity contribution is -0.104. The van der Waals surface area contributed by atoms with E-state index >= 15 is 0 Å². The standard InChI is InChI=1S/C21H24ClN5O3.C3H4O/c1-11-17(28-3)6-18(29-4)20(22)19(11)13-5-12-7-25-21(26-14(12)8-24-13)27-16-10-30-9-15(16)23-2;1-2-3-4/h5-8,15-16,23H,9-10H2,1-4H3,(H,25,26,27);2-3H,1H2. The van der Waals surface area contributed by atoms with Crippen LogP contribution in [0.2, 0.25) is 5.02 Å². The average molecular weight is 486 g/mol. The molecule has 180 valence electrons. The highest BCUT2D eigenvalue weighted by Crippen LogP contribution is 2.42. The Balaban J connectivity index is 0.000000751. The topological polar surface area (TPSA) is 107 Å². The maximum atomic E-state index is 9.06. The van der Waals surface area contributed by atoms with Crippen LogP contribution in [0.5, 0.6) is 11.5 Å². The number of fused-ring (bicyclic) bond motifs is 1. The lowest BCUT2D eigenvalue weighted by Gasteiger charge is -2.18. The molecule has 1 saturated heterocycles. The Labute approximate surface area is 203 Å². The van der Waals surface area contributed by atoms with Crippen molar-refractivity contribution < 1.29 is 19.0 Å². The van der Waals surface area contributed by atoms with Gasteiger partial charge in [0.2, 0.25) is 5.95 Å². The van der Waals surface area contributed by atoms with Gasteiger partial charge in [0.15, 0.2) is 0 Å². The second-order valence-corrected chi connectivity index (χ2v) is 7.85. The molecule has 2 unspecified atom stereocenters. The molecular formula is C24H28ClN5O4. The Morgan fingerprint density at radius 3 is 2.50 bits per heavy atom. The first kappa shape index (κ1) is 25.4. The van der Waals surface area contributed by atoms with Gasteiger partial charge in [0.25, 0.3) is 0 Å². The zero-order chi connectivity index (χ0) is 24.7. The van der Waals surface area contributed by atoms with E-state index in [1.165, 1.54) is 6.08 Å². The molecule has 0 spiro atoms. The normalized spacial score (nSPS) is 17.0. The number of pyridine rings is 1. The maximum Gasteiger partial charge on any atom is 0.223 e. The third-order valence-corrected chi connectivity index (χ3v) is 5.84. The fourth-order valence-corrected chi connectivity index (χ4v) is 4.02. The lowest BCUT2D eigenvalue weighted by atomic mass is 10.0. The predicted molar refractivity (Wildman–Crippen MR) is 133 cm³/mol. The van der Waals surface area contributed by atoms with Gasteiger partial charge in [0.05, 0.1) is 61.9 Å². The number of anilines is 1. The van der Waals surface area contributed by atoms with E-state index in [1.807, 2.05) is 20.0 Å². The fourth-order valence-electron chi connectivity index (χ4n) is 3.65. The molecule has 0 saturated carbocycles. The van der Waals surface area contributed by atoms with Gasteiger partial charge < -0.3 is 24.8 Å². The van der Waals surface area contributed by atoms with Crippen molar-refractivity contribution in [2.45, 2.75) is 19.0 Å². The van der Waals surface area contributed by atoms with E-state index < -0.39 is 0 Å². The summed E-state index contributed by atoms with van der Waals surface area (Å²) in [6.07, 6.45) is 5.33. The molecule has 1 aliphatic rings. The van der Waals surface area contributed by atoms with Crippen LogP contribution in [-0.2, 0) is 9.53 Å². The third kappa shape index (κ3) is 5.44. The van der Waals surface area contributed by atoms with Gasteiger partial charge in [-0.25, -0.2) is 9.97 Å². The molecule has 0 aliphatic carbocycles. The number of nitrogens with one attached hydrogen (secondary N) is 2. The summed E-state index contributed by atoms with van der Waals surface area (Å²) in [4.78, 5) is 22.7. The molecule has 1 fully saturated rings. The molecule has 9 nitrogen and oxygen atoms in total. The van der Waals surface area contributed by atoms with E-state index in [4.69, 9.17) is 30.6 Å². The predicted octanol–water partition coefficient (Wildman–Crippen LogP) is 3.44. The molecule has 2 atom stereocenters. The lowest BCUT2D eigenvalue weighted by Crippen LogP contribution is -2.41. The molecule has 3 heterocycles. The zero-order valence-corrected chi connectivity index (χ0v) is 20.3. The molecule has 10 heteroatoms. The Hall–Kier alpha value is -3.27. The van der Waals surface area contributed by atoms with E-state index in [0.29, 0.717) is 47.7 Å². The smallest absolute Gasteiger partial charge is 0.223 e. The highest BCUT2D eigenvalue weighted by Gasteiger charge is 2.27. The largest absolute Gasteiger partial charge is 0.496 e. The molecule has 1 aliphatic heterocycles. The number of benzene rings is 1. The summed E-state index contributed by atoms with van der Waals surface area (Å²) in [6, 6.07) is 4.03. The second kappa shape index (κ2) is 11.7. The summed E-state index contributed by atoms with van der Waals surface area (Å²) in [5.41, 5.74) is 3.08. The number of aromatic nitrogens is 3.